The third-order valence-corrected chi connectivity index (χ3v) is 13.0. The fourth-order valence-electron chi connectivity index (χ4n) is 5.15. The lowest BCUT2D eigenvalue weighted by Crippen LogP contribution is -2.56. The van der Waals surface area contributed by atoms with Crippen LogP contribution in [-0.4, -0.2) is 34.5 Å². The summed E-state index contributed by atoms with van der Waals surface area (Å²) in [7, 11) is -1.83. The van der Waals surface area contributed by atoms with Gasteiger partial charge in [0, 0.05) is 37.0 Å². The molecule has 0 saturated heterocycles. The second kappa shape index (κ2) is 7.84. The standard InChI is InChI=1S/C21H34N4OSi/c1-14(2)27(15(3)4,16(5)6)21-23-11-19(26-21)13-25-9-8-20-18(12-25)10-22-17(7)24-20/h10-11,14-16H,8-9,12-13H2,1-7H3. The lowest BCUT2D eigenvalue weighted by molar-refractivity contribution is 0.224. The molecule has 0 aliphatic carbocycles. The van der Waals surface area contributed by atoms with Gasteiger partial charge in [-0.05, 0) is 23.5 Å². The molecule has 0 unspecified atom stereocenters. The second-order valence-electron chi connectivity index (χ2n) is 8.88. The molecule has 0 N–H and O–H groups in total. The molecule has 0 fully saturated rings. The first-order chi connectivity index (χ1) is 12.7. The van der Waals surface area contributed by atoms with Gasteiger partial charge >= 0.3 is 0 Å². The van der Waals surface area contributed by atoms with Gasteiger partial charge in [-0.15, -0.1) is 0 Å². The van der Waals surface area contributed by atoms with Crippen LogP contribution < -0.4 is 5.51 Å². The summed E-state index contributed by atoms with van der Waals surface area (Å²) in [5.74, 6) is 1.85. The maximum absolute atomic E-state index is 6.42. The monoisotopic (exact) mass is 386 g/mol. The Morgan fingerprint density at radius 1 is 1.04 bits per heavy atom. The number of nitrogens with zero attached hydrogens (tertiary/aromatic N) is 4. The Morgan fingerprint density at radius 2 is 1.70 bits per heavy atom. The van der Waals surface area contributed by atoms with Crippen LogP contribution in [0.2, 0.25) is 16.6 Å². The zero-order valence-electron chi connectivity index (χ0n) is 17.9. The molecular weight excluding hydrogens is 352 g/mol. The molecule has 2 aromatic rings. The van der Waals surface area contributed by atoms with Gasteiger partial charge in [-0.1, -0.05) is 41.5 Å². The first-order valence-corrected chi connectivity index (χ1v) is 12.5. The fourth-order valence-corrected chi connectivity index (χ4v) is 11.2. The van der Waals surface area contributed by atoms with Gasteiger partial charge in [0.05, 0.1) is 12.7 Å². The fraction of sp³-hybridized carbons (Fsp3) is 0.667. The van der Waals surface area contributed by atoms with Crippen molar-refractivity contribution in [3.05, 3.63) is 35.2 Å². The predicted octanol–water partition coefficient (Wildman–Crippen LogP) is 4.22. The molecule has 0 saturated carbocycles. The molecule has 0 bridgehead atoms. The van der Waals surface area contributed by atoms with E-state index in [2.05, 4.69) is 56.4 Å². The molecule has 1 aliphatic heterocycles. The van der Waals surface area contributed by atoms with Gasteiger partial charge in [-0.3, -0.25) is 4.90 Å². The van der Waals surface area contributed by atoms with Crippen molar-refractivity contribution in [2.24, 2.45) is 0 Å². The van der Waals surface area contributed by atoms with Crippen LogP contribution >= 0.6 is 0 Å². The summed E-state index contributed by atoms with van der Waals surface area (Å²) in [6, 6.07) is 0. The van der Waals surface area contributed by atoms with Crippen LogP contribution in [0.1, 0.15) is 64.4 Å². The molecular formula is C21H34N4OSi. The number of rotatable bonds is 6. The summed E-state index contributed by atoms with van der Waals surface area (Å²) in [6.07, 6.45) is 4.91. The van der Waals surface area contributed by atoms with Crippen LogP contribution in [0.3, 0.4) is 0 Å². The van der Waals surface area contributed by atoms with E-state index in [0.717, 1.165) is 43.2 Å². The zero-order valence-corrected chi connectivity index (χ0v) is 18.9. The number of hydrogen-bond acceptors (Lipinski definition) is 5. The number of fused-ring (bicyclic) bond motifs is 1. The van der Waals surface area contributed by atoms with E-state index in [1.165, 1.54) is 11.3 Å². The average Bonchev–Trinajstić information content (AvgIpc) is 3.03. The van der Waals surface area contributed by atoms with Gasteiger partial charge in [0.25, 0.3) is 0 Å². The van der Waals surface area contributed by atoms with Gasteiger partial charge in [-0.2, -0.15) is 0 Å². The third kappa shape index (κ3) is 3.74. The van der Waals surface area contributed by atoms with E-state index in [1.807, 2.05) is 19.3 Å². The molecule has 2 aromatic heterocycles. The molecule has 0 aromatic carbocycles. The smallest absolute Gasteiger partial charge is 0.167 e. The molecule has 0 spiro atoms. The molecule has 1 aliphatic rings. The summed E-state index contributed by atoms with van der Waals surface area (Å²) in [6.45, 7) is 18.7. The van der Waals surface area contributed by atoms with E-state index < -0.39 is 8.07 Å². The van der Waals surface area contributed by atoms with Gasteiger partial charge in [-0.25, -0.2) is 15.0 Å². The third-order valence-electron chi connectivity index (χ3n) is 6.30. The van der Waals surface area contributed by atoms with Crippen molar-refractivity contribution in [1.82, 2.24) is 19.9 Å². The number of hydrogen-bond donors (Lipinski definition) is 0. The zero-order chi connectivity index (χ0) is 19.8. The SMILES string of the molecule is Cc1ncc2c(n1)CCN(Cc1cnc([Si](C(C)C)(C(C)C)C(C)C)o1)C2. The molecule has 5 nitrogen and oxygen atoms in total. The van der Waals surface area contributed by atoms with Crippen LogP contribution in [0, 0.1) is 6.92 Å². The topological polar surface area (TPSA) is 55.1 Å². The maximum Gasteiger partial charge on any atom is 0.167 e. The Morgan fingerprint density at radius 3 is 2.33 bits per heavy atom. The Bertz CT molecular complexity index is 762. The first kappa shape index (κ1) is 20.2. The highest BCUT2D eigenvalue weighted by Crippen LogP contribution is 2.40. The highest BCUT2D eigenvalue weighted by atomic mass is 28.3. The van der Waals surface area contributed by atoms with Crippen molar-refractivity contribution in [2.45, 2.75) is 84.6 Å². The minimum absolute atomic E-state index is 0.603. The van der Waals surface area contributed by atoms with Crippen LogP contribution in [-0.2, 0) is 19.5 Å². The van der Waals surface area contributed by atoms with E-state index in [9.17, 15) is 0 Å². The molecule has 0 radical (unpaired) electrons. The maximum atomic E-state index is 6.42. The van der Waals surface area contributed by atoms with Crippen molar-refractivity contribution < 1.29 is 4.42 Å². The van der Waals surface area contributed by atoms with E-state index in [1.54, 1.807) is 0 Å². The minimum atomic E-state index is -1.83. The number of aromatic nitrogens is 3. The number of oxazole rings is 1. The van der Waals surface area contributed by atoms with Crippen LogP contribution in [0.25, 0.3) is 0 Å². The molecule has 3 heterocycles. The Labute approximate surface area is 164 Å². The Balaban J connectivity index is 1.79. The average molecular weight is 387 g/mol. The first-order valence-electron chi connectivity index (χ1n) is 10.2. The highest BCUT2D eigenvalue weighted by Gasteiger charge is 2.48. The Kier molecular flexibility index (Phi) is 5.86. The van der Waals surface area contributed by atoms with Gasteiger partial charge in [0.15, 0.2) is 13.6 Å². The van der Waals surface area contributed by atoms with Crippen LogP contribution in [0.4, 0.5) is 0 Å². The van der Waals surface area contributed by atoms with E-state index >= 15 is 0 Å². The van der Waals surface area contributed by atoms with Gasteiger partial charge in [0.2, 0.25) is 0 Å². The van der Waals surface area contributed by atoms with Gasteiger partial charge < -0.3 is 4.42 Å². The molecule has 3 rings (SSSR count). The summed E-state index contributed by atoms with van der Waals surface area (Å²) in [5, 5.41) is 0. The molecule has 148 valence electrons. The predicted molar refractivity (Wildman–Crippen MR) is 112 cm³/mol. The summed E-state index contributed by atoms with van der Waals surface area (Å²) >= 11 is 0. The Hall–Kier alpha value is -1.53. The summed E-state index contributed by atoms with van der Waals surface area (Å²) in [5.41, 5.74) is 5.28. The molecule has 0 amide bonds. The molecule has 6 heteroatoms. The lowest BCUT2D eigenvalue weighted by atomic mass is 10.1. The summed E-state index contributed by atoms with van der Waals surface area (Å²) < 4.78 is 6.42. The van der Waals surface area contributed by atoms with Gasteiger partial charge in [0.1, 0.15) is 11.6 Å². The summed E-state index contributed by atoms with van der Waals surface area (Å²) in [4.78, 5) is 16.2. The minimum Gasteiger partial charge on any atom is -0.449 e. The van der Waals surface area contributed by atoms with Crippen molar-refractivity contribution in [2.75, 3.05) is 6.54 Å². The largest absolute Gasteiger partial charge is 0.449 e. The van der Waals surface area contributed by atoms with Crippen LogP contribution in [0.5, 0.6) is 0 Å². The van der Waals surface area contributed by atoms with Crippen molar-refractivity contribution >= 4 is 13.6 Å². The number of aryl methyl sites for hydroxylation is 1. The quantitative estimate of drug-likeness (QED) is 0.696. The highest BCUT2D eigenvalue weighted by molar-refractivity contribution is 6.93. The second-order valence-corrected chi connectivity index (χ2v) is 14.6. The molecule has 0 atom stereocenters. The van der Waals surface area contributed by atoms with E-state index in [-0.39, 0.29) is 0 Å². The van der Waals surface area contributed by atoms with Crippen molar-refractivity contribution in [1.29, 1.82) is 0 Å². The van der Waals surface area contributed by atoms with Crippen molar-refractivity contribution in [3.63, 3.8) is 0 Å². The van der Waals surface area contributed by atoms with E-state index in [4.69, 9.17) is 9.40 Å². The van der Waals surface area contributed by atoms with Crippen LogP contribution in [0.15, 0.2) is 16.8 Å². The lowest BCUT2D eigenvalue weighted by Gasteiger charge is -2.39. The van der Waals surface area contributed by atoms with Crippen molar-refractivity contribution in [3.8, 4) is 0 Å². The normalized spacial score (nSPS) is 15.8. The molecule has 27 heavy (non-hydrogen) atoms. The van der Waals surface area contributed by atoms with E-state index in [0.29, 0.717) is 16.6 Å².